The molecule has 0 radical (unpaired) electrons. The number of amides is 2. The van der Waals surface area contributed by atoms with E-state index in [0.29, 0.717) is 15.7 Å². The molecule has 1 aliphatic rings. The van der Waals surface area contributed by atoms with Crippen molar-refractivity contribution in [3.8, 4) is 0 Å². The number of rotatable bonds is 2. The van der Waals surface area contributed by atoms with Crippen molar-refractivity contribution in [2.24, 2.45) is 0 Å². The summed E-state index contributed by atoms with van der Waals surface area (Å²) in [5.74, 6) is -0.363. The van der Waals surface area contributed by atoms with Crippen LogP contribution in [0, 0.1) is 0 Å². The summed E-state index contributed by atoms with van der Waals surface area (Å²) in [4.78, 5) is 22.8. The van der Waals surface area contributed by atoms with Crippen LogP contribution in [0.1, 0.15) is 0 Å². The maximum atomic E-state index is 11.9. The maximum Gasteiger partial charge on any atom is 0.243 e. The van der Waals surface area contributed by atoms with Crippen molar-refractivity contribution in [2.45, 2.75) is 6.04 Å². The normalized spacial score (nSPS) is 19.2. The summed E-state index contributed by atoms with van der Waals surface area (Å²) in [6.45, 7) is 0.396. The van der Waals surface area contributed by atoms with Gasteiger partial charge in [-0.1, -0.05) is 23.2 Å². The van der Waals surface area contributed by atoms with E-state index in [0.717, 1.165) is 0 Å². The second-order valence-electron chi connectivity index (χ2n) is 3.88. The van der Waals surface area contributed by atoms with E-state index in [-0.39, 0.29) is 24.9 Å². The van der Waals surface area contributed by atoms with Crippen molar-refractivity contribution < 1.29 is 9.59 Å². The fourth-order valence-corrected chi connectivity index (χ4v) is 2.13. The Morgan fingerprint density at radius 1 is 1.28 bits per heavy atom. The lowest BCUT2D eigenvalue weighted by Gasteiger charge is -2.23. The fourth-order valence-electron chi connectivity index (χ4n) is 1.61. The van der Waals surface area contributed by atoms with Crippen LogP contribution < -0.4 is 16.0 Å². The molecule has 1 atom stereocenters. The number of nitrogens with one attached hydrogen (secondary N) is 3. The molecule has 1 aliphatic heterocycles. The van der Waals surface area contributed by atoms with Crippen LogP contribution >= 0.6 is 23.2 Å². The molecular weight excluding hydrogens is 277 g/mol. The van der Waals surface area contributed by atoms with Crippen molar-refractivity contribution >= 4 is 40.7 Å². The topological polar surface area (TPSA) is 70.2 Å². The molecule has 1 heterocycles. The van der Waals surface area contributed by atoms with Gasteiger partial charge in [-0.2, -0.15) is 0 Å². The number of carbonyl (C=O) groups is 2. The van der Waals surface area contributed by atoms with E-state index in [1.54, 1.807) is 18.2 Å². The van der Waals surface area contributed by atoms with Crippen molar-refractivity contribution in [1.82, 2.24) is 10.6 Å². The van der Waals surface area contributed by atoms with Crippen LogP contribution in [0.3, 0.4) is 0 Å². The minimum Gasteiger partial charge on any atom is -0.353 e. The Morgan fingerprint density at radius 2 is 1.94 bits per heavy atom. The molecule has 1 fully saturated rings. The SMILES string of the molecule is O=C1CNC(C(=O)Nc2cc(Cl)cc(Cl)c2)CN1. The van der Waals surface area contributed by atoms with Crippen molar-refractivity contribution in [1.29, 1.82) is 0 Å². The number of anilines is 1. The molecule has 0 aromatic heterocycles. The van der Waals surface area contributed by atoms with Gasteiger partial charge in [0.05, 0.1) is 6.54 Å². The molecule has 1 unspecified atom stereocenters. The van der Waals surface area contributed by atoms with E-state index in [4.69, 9.17) is 23.2 Å². The zero-order valence-corrected chi connectivity index (χ0v) is 10.8. The molecule has 0 bridgehead atoms. The van der Waals surface area contributed by atoms with E-state index >= 15 is 0 Å². The molecule has 0 saturated carbocycles. The first-order chi connectivity index (χ1) is 8.54. The molecule has 1 aromatic rings. The van der Waals surface area contributed by atoms with Crippen LogP contribution in [0.4, 0.5) is 5.69 Å². The van der Waals surface area contributed by atoms with Crippen molar-refractivity contribution in [2.75, 3.05) is 18.4 Å². The predicted octanol–water partition coefficient (Wildman–Crippen LogP) is 1.02. The van der Waals surface area contributed by atoms with Gasteiger partial charge in [-0.3, -0.25) is 14.9 Å². The summed E-state index contributed by atoms with van der Waals surface area (Å²) in [6.07, 6.45) is 0. The van der Waals surface area contributed by atoms with Gasteiger partial charge < -0.3 is 10.6 Å². The van der Waals surface area contributed by atoms with E-state index in [9.17, 15) is 9.59 Å². The number of piperazine rings is 1. The Kier molecular flexibility index (Phi) is 4.06. The van der Waals surface area contributed by atoms with Gasteiger partial charge >= 0.3 is 0 Å². The van der Waals surface area contributed by atoms with E-state index in [1.807, 2.05) is 0 Å². The van der Waals surface area contributed by atoms with Gasteiger partial charge in [0, 0.05) is 22.3 Å². The second-order valence-corrected chi connectivity index (χ2v) is 4.76. The lowest BCUT2D eigenvalue weighted by molar-refractivity contribution is -0.124. The van der Waals surface area contributed by atoms with E-state index in [2.05, 4.69) is 16.0 Å². The molecule has 2 rings (SSSR count). The molecule has 7 heteroatoms. The summed E-state index contributed by atoms with van der Waals surface area (Å²) in [5, 5.41) is 9.02. The van der Waals surface area contributed by atoms with Gasteiger partial charge in [-0.05, 0) is 18.2 Å². The average Bonchev–Trinajstić information content (AvgIpc) is 2.28. The number of hydrogen-bond acceptors (Lipinski definition) is 3. The largest absolute Gasteiger partial charge is 0.353 e. The average molecular weight is 288 g/mol. The molecule has 0 spiro atoms. The predicted molar refractivity (Wildman–Crippen MR) is 69.9 cm³/mol. The van der Waals surface area contributed by atoms with Crippen LogP contribution in [0.2, 0.25) is 10.0 Å². The van der Waals surface area contributed by atoms with Gasteiger partial charge in [-0.15, -0.1) is 0 Å². The summed E-state index contributed by atoms with van der Waals surface area (Å²) in [7, 11) is 0. The first-order valence-electron chi connectivity index (χ1n) is 5.31. The lowest BCUT2D eigenvalue weighted by atomic mass is 10.2. The maximum absolute atomic E-state index is 11.9. The highest BCUT2D eigenvalue weighted by molar-refractivity contribution is 6.35. The molecule has 18 heavy (non-hydrogen) atoms. The Hall–Kier alpha value is -1.30. The first-order valence-corrected chi connectivity index (χ1v) is 6.07. The van der Waals surface area contributed by atoms with Crippen LogP contribution in [0.5, 0.6) is 0 Å². The first kappa shape index (κ1) is 13.1. The molecule has 1 aromatic carbocycles. The third kappa shape index (κ3) is 3.35. The molecule has 96 valence electrons. The van der Waals surface area contributed by atoms with Gasteiger partial charge in [0.1, 0.15) is 6.04 Å². The van der Waals surface area contributed by atoms with Gasteiger partial charge in [0.2, 0.25) is 11.8 Å². The van der Waals surface area contributed by atoms with Crippen molar-refractivity contribution in [3.05, 3.63) is 28.2 Å². The van der Waals surface area contributed by atoms with Crippen LogP contribution in [0.25, 0.3) is 0 Å². The number of benzene rings is 1. The van der Waals surface area contributed by atoms with Gasteiger partial charge in [-0.25, -0.2) is 0 Å². The lowest BCUT2D eigenvalue weighted by Crippen LogP contribution is -2.56. The number of hydrogen-bond donors (Lipinski definition) is 3. The third-order valence-electron chi connectivity index (χ3n) is 2.46. The molecule has 1 saturated heterocycles. The van der Waals surface area contributed by atoms with E-state index < -0.39 is 6.04 Å². The molecule has 5 nitrogen and oxygen atoms in total. The fraction of sp³-hybridized carbons (Fsp3) is 0.273. The monoisotopic (exact) mass is 287 g/mol. The Labute approximate surface area is 114 Å². The van der Waals surface area contributed by atoms with Gasteiger partial charge in [0.15, 0.2) is 0 Å². The highest BCUT2D eigenvalue weighted by atomic mass is 35.5. The molecular formula is C11H11Cl2N3O2. The number of halogens is 2. The summed E-state index contributed by atoms with van der Waals surface area (Å²) in [6, 6.07) is 4.33. The quantitative estimate of drug-likeness (QED) is 0.761. The Morgan fingerprint density at radius 3 is 2.50 bits per heavy atom. The van der Waals surface area contributed by atoms with Crippen LogP contribution in [-0.2, 0) is 9.59 Å². The zero-order chi connectivity index (χ0) is 13.1. The van der Waals surface area contributed by atoms with Crippen LogP contribution in [-0.4, -0.2) is 30.9 Å². The summed E-state index contributed by atoms with van der Waals surface area (Å²) < 4.78 is 0. The minimum atomic E-state index is -0.458. The standard InChI is InChI=1S/C11H11Cl2N3O2/c12-6-1-7(13)3-8(2-6)16-11(18)9-4-15-10(17)5-14-9/h1-3,9,14H,4-5H2,(H,15,17)(H,16,18). The summed E-state index contributed by atoms with van der Waals surface area (Å²) in [5.41, 5.74) is 0.524. The third-order valence-corrected chi connectivity index (χ3v) is 2.90. The number of carbonyl (C=O) groups excluding carboxylic acids is 2. The molecule has 2 amide bonds. The van der Waals surface area contributed by atoms with Crippen LogP contribution in [0.15, 0.2) is 18.2 Å². The zero-order valence-electron chi connectivity index (χ0n) is 9.30. The minimum absolute atomic E-state index is 0.121. The van der Waals surface area contributed by atoms with Crippen molar-refractivity contribution in [3.63, 3.8) is 0 Å². The summed E-state index contributed by atoms with van der Waals surface area (Å²) >= 11 is 11.7. The Bertz CT molecular complexity index is 463. The molecule has 0 aliphatic carbocycles. The van der Waals surface area contributed by atoms with E-state index in [1.165, 1.54) is 0 Å². The smallest absolute Gasteiger partial charge is 0.243 e. The molecule has 3 N–H and O–H groups in total. The second kappa shape index (κ2) is 5.56. The Balaban J connectivity index is 2.00. The highest BCUT2D eigenvalue weighted by Crippen LogP contribution is 2.22. The van der Waals surface area contributed by atoms with Gasteiger partial charge in [0.25, 0.3) is 0 Å². The highest BCUT2D eigenvalue weighted by Gasteiger charge is 2.23.